The topological polar surface area (TPSA) is 146 Å². The predicted molar refractivity (Wildman–Crippen MR) is 135 cm³/mol. The normalized spacial score (nSPS) is 22.6. The van der Waals surface area contributed by atoms with E-state index < -0.39 is 57.4 Å². The summed E-state index contributed by atoms with van der Waals surface area (Å²) in [5.74, 6) is -3.09. The lowest BCUT2D eigenvalue weighted by Crippen LogP contribution is -2.71. The first-order valence-corrected chi connectivity index (χ1v) is 12.4. The van der Waals surface area contributed by atoms with Gasteiger partial charge in [0.05, 0.1) is 5.39 Å². The number of nitrogens with one attached hydrogen (secondary N) is 2. The lowest BCUT2D eigenvalue weighted by Gasteiger charge is -2.44. The van der Waals surface area contributed by atoms with Crippen LogP contribution in [0.1, 0.15) is 35.8 Å². The van der Waals surface area contributed by atoms with Crippen molar-refractivity contribution in [3.8, 4) is 0 Å². The van der Waals surface area contributed by atoms with Gasteiger partial charge in [0, 0.05) is 4.75 Å². The van der Waals surface area contributed by atoms with Gasteiger partial charge in [0.1, 0.15) is 40.9 Å². The Labute approximate surface area is 215 Å². The minimum atomic E-state index is -1.23. The number of thioether (sulfide) groups is 1. The molecule has 4 atom stereocenters. The molecule has 2 aliphatic rings. The molecule has 10 nitrogen and oxygen atoms in total. The molecule has 190 valence electrons. The average molecular weight is 522 g/mol. The highest BCUT2D eigenvalue weighted by atomic mass is 32.2. The van der Waals surface area contributed by atoms with E-state index in [0.29, 0.717) is 11.1 Å². The van der Waals surface area contributed by atoms with Gasteiger partial charge in [-0.3, -0.25) is 19.2 Å². The number of carboxylic acid groups (broad SMARTS) is 1. The zero-order chi connectivity index (χ0) is 26.5. The Morgan fingerprint density at radius 1 is 1.05 bits per heavy atom. The zero-order valence-electron chi connectivity index (χ0n) is 19.8. The van der Waals surface area contributed by atoms with Gasteiger partial charge in [0.15, 0.2) is 0 Å². The molecule has 0 radical (unpaired) electrons. The minimum Gasteiger partial charge on any atom is -0.480 e. The fraction of sp³-hybridized carbons (Fsp3) is 0.269. The van der Waals surface area contributed by atoms with Crippen LogP contribution in [0.5, 0.6) is 0 Å². The molecule has 2 fully saturated rings. The van der Waals surface area contributed by atoms with E-state index in [0.717, 1.165) is 6.26 Å². The van der Waals surface area contributed by atoms with Crippen molar-refractivity contribution >= 4 is 46.4 Å². The van der Waals surface area contributed by atoms with E-state index in [1.165, 1.54) is 16.7 Å². The summed E-state index contributed by atoms with van der Waals surface area (Å²) in [6.45, 7) is 3.48. The van der Waals surface area contributed by atoms with E-state index >= 15 is 0 Å². The number of para-hydroxylation sites is 1. The molecule has 3 aromatic rings. The first-order valence-electron chi connectivity index (χ1n) is 11.5. The van der Waals surface area contributed by atoms with Crippen LogP contribution >= 0.6 is 11.8 Å². The van der Waals surface area contributed by atoms with Gasteiger partial charge in [-0.05, 0) is 31.5 Å². The number of nitrogens with zero attached hydrogens (tertiary/aromatic N) is 1. The van der Waals surface area contributed by atoms with Gasteiger partial charge < -0.3 is 25.1 Å². The summed E-state index contributed by atoms with van der Waals surface area (Å²) in [7, 11) is 0. The van der Waals surface area contributed by atoms with Gasteiger partial charge in [0.25, 0.3) is 5.91 Å². The number of carboxylic acids is 1. The molecule has 37 heavy (non-hydrogen) atoms. The third kappa shape index (κ3) is 4.14. The number of carbonyl (C=O) groups excluding carboxylic acids is 3. The molecule has 2 aromatic carbocycles. The van der Waals surface area contributed by atoms with Gasteiger partial charge in [0.2, 0.25) is 17.2 Å². The Balaban J connectivity index is 1.40. The summed E-state index contributed by atoms with van der Waals surface area (Å²) in [5.41, 5.74) is -0.0486. The van der Waals surface area contributed by atoms with E-state index in [4.69, 9.17) is 4.42 Å². The van der Waals surface area contributed by atoms with Crippen LogP contribution in [0.25, 0.3) is 11.0 Å². The monoisotopic (exact) mass is 521 g/mol. The number of β-lactam (4-membered cyclic amide) rings is 1. The van der Waals surface area contributed by atoms with E-state index in [-0.39, 0.29) is 10.9 Å². The molecule has 5 rings (SSSR count). The van der Waals surface area contributed by atoms with Crippen LogP contribution in [0.4, 0.5) is 0 Å². The smallest absolute Gasteiger partial charge is 0.327 e. The molecular weight excluding hydrogens is 498 g/mol. The molecule has 2 aliphatic heterocycles. The van der Waals surface area contributed by atoms with Crippen LogP contribution in [-0.4, -0.2) is 55.9 Å². The second kappa shape index (κ2) is 9.07. The van der Waals surface area contributed by atoms with E-state index in [2.05, 4.69) is 10.6 Å². The van der Waals surface area contributed by atoms with Gasteiger partial charge in [-0.15, -0.1) is 11.8 Å². The maximum Gasteiger partial charge on any atom is 0.327 e. The van der Waals surface area contributed by atoms with Gasteiger partial charge in [-0.2, -0.15) is 0 Å². The Morgan fingerprint density at radius 3 is 2.43 bits per heavy atom. The molecule has 3 amide bonds. The van der Waals surface area contributed by atoms with Crippen LogP contribution in [0.3, 0.4) is 0 Å². The SMILES string of the molecule is CC1(C)S[C@@H]2[C@H](NC(=O)C(NC(=O)c3coc4ccccc4c3=O)c3ccccc3)C(=O)N2[C@H]1C(=O)O. The van der Waals surface area contributed by atoms with Crippen molar-refractivity contribution in [1.29, 1.82) is 0 Å². The summed E-state index contributed by atoms with van der Waals surface area (Å²) >= 11 is 1.30. The van der Waals surface area contributed by atoms with Crippen LogP contribution < -0.4 is 16.1 Å². The van der Waals surface area contributed by atoms with Crippen molar-refractivity contribution in [2.75, 3.05) is 0 Å². The van der Waals surface area contributed by atoms with Crippen LogP contribution in [0.15, 0.2) is 70.1 Å². The van der Waals surface area contributed by atoms with Crippen molar-refractivity contribution in [3.05, 3.63) is 82.2 Å². The van der Waals surface area contributed by atoms with Crippen molar-refractivity contribution in [3.63, 3.8) is 0 Å². The standard InChI is InChI=1S/C26H23N3O7S/c1-26(2)20(25(34)35)29-23(33)18(24(29)37-26)28-22(32)17(13-8-4-3-5-9-13)27-21(31)15-12-36-16-11-7-6-10-14(16)19(15)30/h3-12,17-18,20,24H,1-2H3,(H,27,31)(H,28,32)(H,34,35)/t17?,18-,20+,24-/m1/s1. The highest BCUT2D eigenvalue weighted by Crippen LogP contribution is 2.50. The summed E-state index contributed by atoms with van der Waals surface area (Å²) in [4.78, 5) is 65.3. The molecular formula is C26H23N3O7S. The second-order valence-corrected chi connectivity index (χ2v) is 11.1. The molecule has 11 heteroatoms. The average Bonchev–Trinajstić information content (AvgIpc) is 3.14. The number of fused-ring (bicyclic) bond motifs is 2. The molecule has 2 saturated heterocycles. The molecule has 3 heterocycles. The largest absolute Gasteiger partial charge is 0.480 e. The number of aliphatic carboxylic acids is 1. The highest BCUT2D eigenvalue weighted by Gasteiger charge is 2.64. The number of carbonyl (C=O) groups is 4. The van der Waals surface area contributed by atoms with E-state index in [9.17, 15) is 29.1 Å². The lowest BCUT2D eigenvalue weighted by atomic mass is 9.95. The van der Waals surface area contributed by atoms with Gasteiger partial charge >= 0.3 is 5.97 Å². The van der Waals surface area contributed by atoms with Crippen LogP contribution in [-0.2, 0) is 14.4 Å². The van der Waals surface area contributed by atoms with Crippen LogP contribution in [0, 0.1) is 0 Å². The van der Waals surface area contributed by atoms with Gasteiger partial charge in [-0.25, -0.2) is 4.79 Å². The van der Waals surface area contributed by atoms with Crippen LogP contribution in [0.2, 0.25) is 0 Å². The number of amides is 3. The summed E-state index contributed by atoms with van der Waals surface area (Å²) in [6, 6.07) is 11.7. The zero-order valence-corrected chi connectivity index (χ0v) is 20.7. The summed E-state index contributed by atoms with van der Waals surface area (Å²) in [6.07, 6.45) is 1.05. The molecule has 1 unspecified atom stereocenters. The molecule has 0 saturated carbocycles. The van der Waals surface area contributed by atoms with E-state index in [1.54, 1.807) is 68.4 Å². The third-order valence-electron chi connectivity index (χ3n) is 6.57. The number of benzene rings is 2. The molecule has 0 bridgehead atoms. The number of rotatable bonds is 6. The maximum absolute atomic E-state index is 13.4. The second-order valence-electron chi connectivity index (χ2n) is 9.38. The summed E-state index contributed by atoms with van der Waals surface area (Å²) in [5, 5.41) is 14.6. The van der Waals surface area contributed by atoms with Crippen molar-refractivity contribution in [1.82, 2.24) is 15.5 Å². The van der Waals surface area contributed by atoms with Gasteiger partial charge in [-0.1, -0.05) is 42.5 Å². The predicted octanol–water partition coefficient (Wildman–Crippen LogP) is 1.90. The quantitative estimate of drug-likeness (QED) is 0.417. The van der Waals surface area contributed by atoms with E-state index in [1.807, 2.05) is 0 Å². The fourth-order valence-electron chi connectivity index (χ4n) is 4.77. The Hall–Kier alpha value is -4.12. The Kier molecular flexibility index (Phi) is 6.03. The highest BCUT2D eigenvalue weighted by molar-refractivity contribution is 8.01. The maximum atomic E-state index is 13.4. The van der Waals surface area contributed by atoms with Crippen molar-refractivity contribution < 1.29 is 28.7 Å². The fourth-order valence-corrected chi connectivity index (χ4v) is 6.40. The molecule has 0 aliphatic carbocycles. The lowest BCUT2D eigenvalue weighted by molar-refractivity contribution is -0.161. The van der Waals surface area contributed by atoms with Crippen molar-refractivity contribution in [2.24, 2.45) is 0 Å². The Morgan fingerprint density at radius 2 is 1.73 bits per heavy atom. The molecule has 3 N–H and O–H groups in total. The number of hydrogen-bond donors (Lipinski definition) is 3. The Bertz CT molecular complexity index is 1490. The minimum absolute atomic E-state index is 0.227. The first kappa shape index (κ1) is 24.6. The molecule has 1 aromatic heterocycles. The van der Waals surface area contributed by atoms with Crippen molar-refractivity contribution in [2.45, 2.75) is 42.1 Å². The first-order chi connectivity index (χ1) is 17.6. The molecule has 0 spiro atoms. The third-order valence-corrected chi connectivity index (χ3v) is 8.14. The summed E-state index contributed by atoms with van der Waals surface area (Å²) < 4.78 is 4.68. The number of hydrogen-bond acceptors (Lipinski definition) is 7.